The quantitative estimate of drug-likeness (QED) is 0.370. The number of ether oxygens (including phenoxy) is 3. The van der Waals surface area contributed by atoms with Gasteiger partial charge in [0.15, 0.2) is 0 Å². The first-order chi connectivity index (χ1) is 14.3. The van der Waals surface area contributed by atoms with Gasteiger partial charge in [-0.3, -0.25) is 0 Å². The number of amides is 2. The van der Waals surface area contributed by atoms with Gasteiger partial charge >= 0.3 is 6.03 Å². The molecule has 2 aliphatic carbocycles. The molecule has 3 N–H and O–H groups in total. The normalized spacial score (nSPS) is 30.8. The van der Waals surface area contributed by atoms with Crippen LogP contribution in [0.5, 0.6) is 0 Å². The standard InChI is InChI=1S/C23H44N2O5/c1-4-28-10-11-30-13-12-29-9-7-5-6-8-24-21(26)25-22(2)15-19-14-20(16-22)18-23(3,27)17-19/h19-20,27H,4-18H2,1-3H3,(H2,24,25,26). The van der Waals surface area contributed by atoms with Crippen LogP contribution in [-0.2, 0) is 14.2 Å². The van der Waals surface area contributed by atoms with Gasteiger partial charge in [-0.25, -0.2) is 4.79 Å². The smallest absolute Gasteiger partial charge is 0.315 e. The molecule has 0 saturated heterocycles. The lowest BCUT2D eigenvalue weighted by atomic mass is 9.61. The largest absolute Gasteiger partial charge is 0.390 e. The summed E-state index contributed by atoms with van der Waals surface area (Å²) in [5.41, 5.74) is -0.690. The van der Waals surface area contributed by atoms with E-state index in [1.807, 2.05) is 13.8 Å². The number of aliphatic hydroxyl groups is 1. The van der Waals surface area contributed by atoms with Crippen LogP contribution in [-0.4, -0.2) is 68.5 Å². The van der Waals surface area contributed by atoms with Gasteiger partial charge in [0.1, 0.15) is 0 Å². The summed E-state index contributed by atoms with van der Waals surface area (Å²) in [4.78, 5) is 12.3. The van der Waals surface area contributed by atoms with E-state index in [2.05, 4.69) is 17.6 Å². The van der Waals surface area contributed by atoms with Crippen molar-refractivity contribution in [1.82, 2.24) is 10.6 Å². The number of rotatable bonds is 14. The van der Waals surface area contributed by atoms with Crippen molar-refractivity contribution in [3.05, 3.63) is 0 Å². The highest BCUT2D eigenvalue weighted by Gasteiger charge is 2.45. The van der Waals surface area contributed by atoms with Crippen molar-refractivity contribution < 1.29 is 24.1 Å². The Bertz CT molecular complexity index is 484. The first-order valence-electron chi connectivity index (χ1n) is 11.8. The third-order valence-corrected chi connectivity index (χ3v) is 6.22. The number of nitrogens with one attached hydrogen (secondary N) is 2. The van der Waals surface area contributed by atoms with Crippen LogP contribution < -0.4 is 10.6 Å². The Kier molecular flexibility index (Phi) is 10.9. The lowest BCUT2D eigenvalue weighted by molar-refractivity contribution is -0.0528. The molecule has 2 atom stereocenters. The molecule has 2 aliphatic rings. The predicted molar refractivity (Wildman–Crippen MR) is 118 cm³/mol. The molecule has 0 aromatic heterocycles. The molecule has 7 nitrogen and oxygen atoms in total. The summed E-state index contributed by atoms with van der Waals surface area (Å²) in [6.45, 7) is 10.7. The van der Waals surface area contributed by atoms with E-state index in [1.165, 1.54) is 6.42 Å². The van der Waals surface area contributed by atoms with Crippen molar-refractivity contribution in [3.8, 4) is 0 Å². The van der Waals surface area contributed by atoms with Crippen molar-refractivity contribution in [1.29, 1.82) is 0 Å². The maximum Gasteiger partial charge on any atom is 0.315 e. The third-order valence-electron chi connectivity index (χ3n) is 6.22. The second-order valence-electron chi connectivity index (χ2n) is 9.71. The first kappa shape index (κ1) is 25.4. The maximum atomic E-state index is 12.3. The number of urea groups is 1. The van der Waals surface area contributed by atoms with E-state index in [0.29, 0.717) is 44.8 Å². The fourth-order valence-electron chi connectivity index (χ4n) is 5.35. The molecule has 0 aliphatic heterocycles. The van der Waals surface area contributed by atoms with Gasteiger partial charge in [0.2, 0.25) is 0 Å². The molecule has 176 valence electrons. The summed E-state index contributed by atoms with van der Waals surface area (Å²) >= 11 is 0. The van der Waals surface area contributed by atoms with Crippen LogP contribution >= 0.6 is 0 Å². The summed E-state index contributed by atoms with van der Waals surface area (Å²) < 4.78 is 16.1. The predicted octanol–water partition coefficient (Wildman–Crippen LogP) is 3.25. The molecular weight excluding hydrogens is 384 g/mol. The van der Waals surface area contributed by atoms with Crippen molar-refractivity contribution in [3.63, 3.8) is 0 Å². The Hall–Kier alpha value is -0.890. The van der Waals surface area contributed by atoms with Gasteiger partial charge in [-0.15, -0.1) is 0 Å². The Labute approximate surface area is 182 Å². The SMILES string of the molecule is CCOCCOCCOCCCCCNC(=O)NC1(C)CC2CC(CC(C)(O)C2)C1. The van der Waals surface area contributed by atoms with Crippen LogP contribution in [0.25, 0.3) is 0 Å². The van der Waals surface area contributed by atoms with Crippen LogP contribution in [0.2, 0.25) is 0 Å². The van der Waals surface area contributed by atoms with Crippen molar-refractivity contribution in [2.24, 2.45) is 11.8 Å². The Morgan fingerprint density at radius 2 is 1.50 bits per heavy atom. The molecule has 2 unspecified atom stereocenters. The summed E-state index contributed by atoms with van der Waals surface area (Å²) in [5.74, 6) is 1.01. The fourth-order valence-corrected chi connectivity index (χ4v) is 5.35. The van der Waals surface area contributed by atoms with Gasteiger partial charge in [-0.2, -0.15) is 0 Å². The monoisotopic (exact) mass is 428 g/mol. The molecule has 0 spiro atoms. The van der Waals surface area contributed by atoms with E-state index in [1.54, 1.807) is 0 Å². The molecule has 2 rings (SSSR count). The van der Waals surface area contributed by atoms with Gasteiger partial charge < -0.3 is 30.0 Å². The molecule has 2 saturated carbocycles. The highest BCUT2D eigenvalue weighted by molar-refractivity contribution is 5.74. The number of fused-ring (bicyclic) bond motifs is 2. The second-order valence-corrected chi connectivity index (χ2v) is 9.71. The van der Waals surface area contributed by atoms with E-state index in [4.69, 9.17) is 14.2 Å². The summed E-state index contributed by atoms with van der Waals surface area (Å²) in [6, 6.07) is -0.0651. The molecular formula is C23H44N2O5. The fraction of sp³-hybridized carbons (Fsp3) is 0.957. The van der Waals surface area contributed by atoms with E-state index >= 15 is 0 Å². The molecule has 0 radical (unpaired) electrons. The van der Waals surface area contributed by atoms with E-state index in [-0.39, 0.29) is 11.6 Å². The number of unbranched alkanes of at least 4 members (excludes halogenated alkanes) is 2. The first-order valence-corrected chi connectivity index (χ1v) is 11.8. The minimum Gasteiger partial charge on any atom is -0.390 e. The Morgan fingerprint density at radius 3 is 2.13 bits per heavy atom. The molecule has 2 amide bonds. The zero-order valence-corrected chi connectivity index (χ0v) is 19.3. The molecule has 2 bridgehead atoms. The molecule has 0 aromatic carbocycles. The van der Waals surface area contributed by atoms with Crippen molar-refractivity contribution >= 4 is 6.03 Å². The van der Waals surface area contributed by atoms with E-state index in [0.717, 1.165) is 58.2 Å². The van der Waals surface area contributed by atoms with Crippen LogP contribution in [0, 0.1) is 11.8 Å². The van der Waals surface area contributed by atoms with E-state index in [9.17, 15) is 9.90 Å². The molecule has 0 aromatic rings. The molecule has 7 heteroatoms. The van der Waals surface area contributed by atoms with Crippen LogP contribution in [0.4, 0.5) is 4.79 Å². The highest BCUT2D eigenvalue weighted by atomic mass is 16.5. The van der Waals surface area contributed by atoms with Crippen molar-refractivity contribution in [2.75, 3.05) is 46.2 Å². The zero-order valence-electron chi connectivity index (χ0n) is 19.3. The van der Waals surface area contributed by atoms with Gasteiger partial charge in [-0.1, -0.05) is 0 Å². The number of carbonyl (C=O) groups excluding carboxylic acids is 1. The van der Waals surface area contributed by atoms with Crippen LogP contribution in [0.3, 0.4) is 0 Å². The maximum absolute atomic E-state index is 12.3. The second kappa shape index (κ2) is 12.8. The number of hydrogen-bond acceptors (Lipinski definition) is 5. The minimum atomic E-state index is -0.530. The average molecular weight is 429 g/mol. The van der Waals surface area contributed by atoms with Crippen LogP contribution in [0.15, 0.2) is 0 Å². The summed E-state index contributed by atoms with van der Waals surface area (Å²) in [6.07, 6.45) is 7.78. The number of hydrogen-bond donors (Lipinski definition) is 3. The van der Waals surface area contributed by atoms with Crippen molar-refractivity contribution in [2.45, 2.75) is 83.3 Å². The van der Waals surface area contributed by atoms with Crippen LogP contribution in [0.1, 0.15) is 72.1 Å². The lowest BCUT2D eigenvalue weighted by Crippen LogP contribution is -2.56. The van der Waals surface area contributed by atoms with Gasteiger partial charge in [0, 0.05) is 25.3 Å². The number of carbonyl (C=O) groups is 1. The van der Waals surface area contributed by atoms with Gasteiger partial charge in [0.25, 0.3) is 0 Å². The third kappa shape index (κ3) is 9.94. The van der Waals surface area contributed by atoms with Gasteiger partial charge in [0.05, 0.1) is 32.0 Å². The summed E-state index contributed by atoms with van der Waals surface area (Å²) in [7, 11) is 0. The topological polar surface area (TPSA) is 89.0 Å². The molecule has 30 heavy (non-hydrogen) atoms. The average Bonchev–Trinajstić information content (AvgIpc) is 2.63. The van der Waals surface area contributed by atoms with E-state index < -0.39 is 5.60 Å². The molecule has 2 fully saturated rings. The Balaban J connectivity index is 1.45. The summed E-state index contributed by atoms with van der Waals surface area (Å²) in [5, 5.41) is 16.6. The highest BCUT2D eigenvalue weighted by Crippen LogP contribution is 2.47. The minimum absolute atomic E-state index is 0.0651. The molecule has 0 heterocycles. The zero-order chi connectivity index (χ0) is 21.9. The van der Waals surface area contributed by atoms with Gasteiger partial charge in [-0.05, 0) is 84.0 Å². The Morgan fingerprint density at radius 1 is 0.900 bits per heavy atom. The lowest BCUT2D eigenvalue weighted by Gasteiger charge is -2.49.